The maximum atomic E-state index is 12.6. The molecule has 2 aromatic heterocycles. The van der Waals surface area contributed by atoms with Crippen LogP contribution in [0.1, 0.15) is 43.6 Å². The third-order valence-corrected chi connectivity index (χ3v) is 6.82. The predicted octanol–water partition coefficient (Wildman–Crippen LogP) is 4.13. The van der Waals surface area contributed by atoms with Crippen molar-refractivity contribution in [3.8, 4) is 23.0 Å². The van der Waals surface area contributed by atoms with E-state index in [9.17, 15) is 4.79 Å². The quantitative estimate of drug-likeness (QED) is 0.596. The van der Waals surface area contributed by atoms with E-state index in [0.29, 0.717) is 44.4 Å². The van der Waals surface area contributed by atoms with E-state index in [2.05, 4.69) is 27.6 Å². The lowest BCUT2D eigenvalue weighted by Gasteiger charge is -2.31. The van der Waals surface area contributed by atoms with E-state index in [1.807, 2.05) is 22.9 Å². The van der Waals surface area contributed by atoms with E-state index < -0.39 is 0 Å². The molecule has 0 unspecified atom stereocenters. The summed E-state index contributed by atoms with van der Waals surface area (Å²) in [6.07, 6.45) is 5.19. The first-order valence-electron chi connectivity index (χ1n) is 10.7. The number of hydrogen-bond acceptors (Lipinski definition) is 7. The molecule has 0 saturated heterocycles. The number of thiophene rings is 1. The van der Waals surface area contributed by atoms with Gasteiger partial charge >= 0.3 is 0 Å². The van der Waals surface area contributed by atoms with Crippen molar-refractivity contribution in [2.45, 2.75) is 43.9 Å². The van der Waals surface area contributed by atoms with Gasteiger partial charge in [0.2, 0.25) is 17.7 Å². The first kappa shape index (κ1) is 20.1. The van der Waals surface area contributed by atoms with Crippen LogP contribution in [0.2, 0.25) is 0 Å². The predicted molar refractivity (Wildman–Crippen MR) is 117 cm³/mol. The maximum absolute atomic E-state index is 12.6. The zero-order valence-corrected chi connectivity index (χ0v) is 18.1. The first-order chi connectivity index (χ1) is 15.2. The van der Waals surface area contributed by atoms with Crippen LogP contribution in [0.4, 0.5) is 0 Å². The highest BCUT2D eigenvalue weighted by molar-refractivity contribution is 7.08. The summed E-state index contributed by atoms with van der Waals surface area (Å²) >= 11 is 1.58. The monoisotopic (exact) mass is 439 g/mol. The third-order valence-electron chi connectivity index (χ3n) is 6.14. The Morgan fingerprint density at radius 3 is 2.74 bits per heavy atom. The van der Waals surface area contributed by atoms with Gasteiger partial charge in [-0.05, 0) is 42.0 Å². The van der Waals surface area contributed by atoms with Gasteiger partial charge in [-0.2, -0.15) is 11.3 Å². The summed E-state index contributed by atoms with van der Waals surface area (Å²) in [4.78, 5) is 12.6. The lowest BCUT2D eigenvalue weighted by atomic mass is 9.78. The van der Waals surface area contributed by atoms with Gasteiger partial charge in [-0.25, -0.2) is 0 Å². The molecule has 0 spiro atoms. The van der Waals surface area contributed by atoms with Crippen molar-refractivity contribution in [3.05, 3.63) is 46.5 Å². The van der Waals surface area contributed by atoms with Gasteiger partial charge in [-0.15, -0.1) is 10.2 Å². The number of nitrogens with zero attached hydrogens (tertiary/aromatic N) is 2. The van der Waals surface area contributed by atoms with E-state index in [1.54, 1.807) is 11.3 Å². The average molecular weight is 440 g/mol. The first-order valence-corrected chi connectivity index (χ1v) is 11.7. The van der Waals surface area contributed by atoms with Gasteiger partial charge in [0.05, 0.1) is 0 Å². The summed E-state index contributed by atoms with van der Waals surface area (Å²) in [5.74, 6) is 2.59. The molecule has 162 valence electrons. The fraction of sp³-hybridized carbons (Fsp3) is 0.435. The van der Waals surface area contributed by atoms with Crippen LogP contribution in [0.25, 0.3) is 11.5 Å². The van der Waals surface area contributed by atoms with Gasteiger partial charge in [0.25, 0.3) is 0 Å². The molecule has 1 aliphatic carbocycles. The minimum atomic E-state index is -0.0535. The van der Waals surface area contributed by atoms with E-state index in [4.69, 9.17) is 13.9 Å². The average Bonchev–Trinajstić information content (AvgIpc) is 3.58. The second-order valence-electron chi connectivity index (χ2n) is 8.14. The van der Waals surface area contributed by atoms with Gasteiger partial charge in [-0.1, -0.05) is 18.9 Å². The van der Waals surface area contributed by atoms with Crippen LogP contribution in [0, 0.1) is 0 Å². The van der Waals surface area contributed by atoms with Crippen molar-refractivity contribution in [1.82, 2.24) is 15.5 Å². The van der Waals surface area contributed by atoms with Crippen LogP contribution < -0.4 is 14.8 Å². The van der Waals surface area contributed by atoms with Crippen LogP contribution in [-0.2, 0) is 16.6 Å². The summed E-state index contributed by atoms with van der Waals surface area (Å²) in [5.41, 5.74) is 2.07. The number of carbonyl (C=O) groups is 1. The highest BCUT2D eigenvalue weighted by atomic mass is 32.1. The van der Waals surface area contributed by atoms with Crippen LogP contribution in [0.5, 0.6) is 11.5 Å². The Bertz CT molecular complexity index is 1040. The molecule has 2 aliphatic rings. The molecule has 0 radical (unpaired) electrons. The largest absolute Gasteiger partial charge is 0.486 e. The highest BCUT2D eigenvalue weighted by Gasteiger charge is 2.36. The zero-order valence-electron chi connectivity index (χ0n) is 17.3. The van der Waals surface area contributed by atoms with E-state index >= 15 is 0 Å². The molecular weight excluding hydrogens is 414 g/mol. The van der Waals surface area contributed by atoms with Gasteiger partial charge < -0.3 is 19.2 Å². The standard InChI is InChI=1S/C23H25N3O4S/c27-20(5-6-21-25-26-22(30-21)16-7-12-31-14-16)24-15-23(8-1-2-9-23)17-3-4-18-19(13-17)29-11-10-28-18/h3-4,7,12-14H,1-2,5-6,8-11,15H2,(H,24,27). The number of rotatable bonds is 7. The number of ether oxygens (including phenoxy) is 2. The van der Waals surface area contributed by atoms with Crippen molar-refractivity contribution < 1.29 is 18.7 Å². The van der Waals surface area contributed by atoms with Gasteiger partial charge in [0.1, 0.15) is 13.2 Å². The van der Waals surface area contributed by atoms with Crippen molar-refractivity contribution >= 4 is 17.2 Å². The van der Waals surface area contributed by atoms with Crippen molar-refractivity contribution in [2.75, 3.05) is 19.8 Å². The number of aryl methyl sites for hydroxylation is 1. The Morgan fingerprint density at radius 2 is 1.94 bits per heavy atom. The number of carbonyl (C=O) groups excluding carboxylic acids is 1. The Morgan fingerprint density at radius 1 is 1.10 bits per heavy atom. The molecule has 1 amide bonds. The minimum absolute atomic E-state index is 0.000832. The molecule has 8 heteroatoms. The maximum Gasteiger partial charge on any atom is 0.248 e. The van der Waals surface area contributed by atoms with Gasteiger partial charge in [-0.3, -0.25) is 4.79 Å². The summed E-state index contributed by atoms with van der Waals surface area (Å²) in [7, 11) is 0. The topological polar surface area (TPSA) is 86.5 Å². The van der Waals surface area contributed by atoms with E-state index in [1.165, 1.54) is 5.56 Å². The molecule has 5 rings (SSSR count). The van der Waals surface area contributed by atoms with Crippen LogP contribution in [0.15, 0.2) is 39.4 Å². The highest BCUT2D eigenvalue weighted by Crippen LogP contribution is 2.43. The number of benzene rings is 1. The Hall–Kier alpha value is -2.87. The molecule has 1 saturated carbocycles. The Kier molecular flexibility index (Phi) is 5.63. The third kappa shape index (κ3) is 4.30. The summed E-state index contributed by atoms with van der Waals surface area (Å²) in [5, 5.41) is 15.2. The molecule has 1 fully saturated rings. The molecule has 31 heavy (non-hydrogen) atoms. The Labute approximate surface area is 184 Å². The van der Waals surface area contributed by atoms with Crippen molar-refractivity contribution in [3.63, 3.8) is 0 Å². The molecule has 3 aromatic rings. The number of aromatic nitrogens is 2. The fourth-order valence-corrected chi connectivity index (χ4v) is 5.06. The second kappa shape index (κ2) is 8.70. The normalized spacial score (nSPS) is 16.9. The minimum Gasteiger partial charge on any atom is -0.486 e. The molecular formula is C23H25N3O4S. The van der Waals surface area contributed by atoms with E-state index in [-0.39, 0.29) is 11.3 Å². The van der Waals surface area contributed by atoms with Crippen LogP contribution in [-0.4, -0.2) is 35.9 Å². The lowest BCUT2D eigenvalue weighted by molar-refractivity contribution is -0.121. The molecule has 1 aromatic carbocycles. The zero-order chi connectivity index (χ0) is 21.1. The summed E-state index contributed by atoms with van der Waals surface area (Å²) < 4.78 is 17.1. The molecule has 0 atom stereocenters. The molecule has 1 N–H and O–H groups in total. The fourth-order valence-electron chi connectivity index (χ4n) is 4.43. The molecule has 7 nitrogen and oxygen atoms in total. The number of nitrogens with one attached hydrogen (secondary N) is 1. The molecule has 1 aliphatic heterocycles. The molecule has 3 heterocycles. The lowest BCUT2D eigenvalue weighted by Crippen LogP contribution is -2.39. The van der Waals surface area contributed by atoms with Crippen LogP contribution >= 0.6 is 11.3 Å². The van der Waals surface area contributed by atoms with Gasteiger partial charge in [0, 0.05) is 35.7 Å². The van der Waals surface area contributed by atoms with Crippen LogP contribution in [0.3, 0.4) is 0 Å². The van der Waals surface area contributed by atoms with Crippen molar-refractivity contribution in [2.24, 2.45) is 0 Å². The van der Waals surface area contributed by atoms with E-state index in [0.717, 1.165) is 42.7 Å². The summed E-state index contributed by atoms with van der Waals surface area (Å²) in [6.45, 7) is 1.78. The molecule has 0 bridgehead atoms. The SMILES string of the molecule is O=C(CCc1nnc(-c2ccsc2)o1)NCC1(c2ccc3c(c2)OCCO3)CCCC1. The van der Waals surface area contributed by atoms with Gasteiger partial charge in [0.15, 0.2) is 11.5 Å². The number of hydrogen-bond donors (Lipinski definition) is 1. The Balaban J connectivity index is 1.20. The second-order valence-corrected chi connectivity index (χ2v) is 8.92. The number of amides is 1. The van der Waals surface area contributed by atoms with Crippen molar-refractivity contribution in [1.29, 1.82) is 0 Å². The summed E-state index contributed by atoms with van der Waals surface area (Å²) in [6, 6.07) is 8.14. The number of fused-ring (bicyclic) bond motifs is 1. The smallest absolute Gasteiger partial charge is 0.248 e.